The molecule has 8 heteroatoms. The zero-order chi connectivity index (χ0) is 26.5. The molecular weight excluding hydrogens is 560 g/mol. The molecule has 3 heterocycles. The van der Waals surface area contributed by atoms with Crippen molar-refractivity contribution in [1.82, 2.24) is 0 Å². The molecule has 39 heavy (non-hydrogen) atoms. The quantitative estimate of drug-likeness (QED) is 0.231. The summed E-state index contributed by atoms with van der Waals surface area (Å²) in [6.45, 7) is 2.93. The summed E-state index contributed by atoms with van der Waals surface area (Å²) in [6.07, 6.45) is 1.62. The molecule has 3 aliphatic rings. The minimum Gasteiger partial charge on any atom is -1.00 e. The monoisotopic (exact) mass is 592 g/mol. The summed E-state index contributed by atoms with van der Waals surface area (Å²) in [5, 5.41) is 3.30. The second-order valence-corrected chi connectivity index (χ2v) is 10.3. The summed E-state index contributed by atoms with van der Waals surface area (Å²) in [4.78, 5) is 38.6. The Bertz CT molecular complexity index is 1280. The van der Waals surface area contributed by atoms with Crippen molar-refractivity contribution in [2.45, 2.75) is 25.0 Å². The summed E-state index contributed by atoms with van der Waals surface area (Å²) in [5.41, 5.74) is 2.62. The number of para-hydroxylation sites is 1. The van der Waals surface area contributed by atoms with Gasteiger partial charge in [-0.2, -0.15) is 0 Å². The van der Waals surface area contributed by atoms with Crippen LogP contribution >= 0.6 is 0 Å². The number of esters is 2. The van der Waals surface area contributed by atoms with Crippen LogP contribution in [0.3, 0.4) is 0 Å². The van der Waals surface area contributed by atoms with Gasteiger partial charge < -0.3 is 36.3 Å². The molecule has 3 fully saturated rings. The standard InChI is InChI=1S/C31H33N2O5.BrH/c1-37-30(35)25-14-12-24(13-15-25)29(32-26-10-6-3-7-11-26)31(36)38-28-21-33(18-16-23(28)17-19-33)20-27(34)22-8-4-2-5-9-22;/h2-15,23,28-29,32H,16-21H2,1H3;1H/q+1;/p-1/t23?,28-,29?,33?;/m0./s1. The van der Waals surface area contributed by atoms with E-state index in [1.165, 1.54) is 7.11 Å². The number of nitrogens with one attached hydrogen (secondary N) is 1. The van der Waals surface area contributed by atoms with E-state index in [1.54, 1.807) is 24.3 Å². The van der Waals surface area contributed by atoms with Crippen molar-refractivity contribution in [3.05, 3.63) is 102 Å². The zero-order valence-electron chi connectivity index (χ0n) is 21.9. The smallest absolute Gasteiger partial charge is 0.337 e. The maximum absolute atomic E-state index is 13.7. The summed E-state index contributed by atoms with van der Waals surface area (Å²) in [6, 6.07) is 25.0. The molecule has 0 amide bonds. The first-order valence-corrected chi connectivity index (χ1v) is 13.1. The number of nitrogens with zero attached hydrogens (tertiary/aromatic N) is 1. The number of hydrogen-bond donors (Lipinski definition) is 1. The van der Waals surface area contributed by atoms with Crippen molar-refractivity contribution in [1.29, 1.82) is 0 Å². The molecule has 3 aliphatic heterocycles. The predicted octanol–water partition coefficient (Wildman–Crippen LogP) is 1.67. The molecule has 0 radical (unpaired) electrons. The van der Waals surface area contributed by atoms with Crippen molar-refractivity contribution < 1.29 is 45.3 Å². The zero-order valence-corrected chi connectivity index (χ0v) is 23.5. The summed E-state index contributed by atoms with van der Waals surface area (Å²) >= 11 is 0. The number of carbonyl (C=O) groups is 3. The van der Waals surface area contributed by atoms with Gasteiger partial charge in [0, 0.05) is 30.0 Å². The number of ether oxygens (including phenoxy) is 2. The van der Waals surface area contributed by atoms with E-state index in [9.17, 15) is 14.4 Å². The number of hydrogen-bond acceptors (Lipinski definition) is 6. The Kier molecular flexibility index (Phi) is 9.20. The van der Waals surface area contributed by atoms with Crippen LogP contribution < -0.4 is 22.3 Å². The first-order chi connectivity index (χ1) is 18.5. The summed E-state index contributed by atoms with van der Waals surface area (Å²) < 4.78 is 11.7. The number of fused-ring (bicyclic) bond motifs is 3. The number of carbonyl (C=O) groups excluding carboxylic acids is 3. The Morgan fingerprint density at radius 2 is 1.49 bits per heavy atom. The molecular formula is C31H33BrN2O5. The molecule has 2 bridgehead atoms. The minimum absolute atomic E-state index is 0. The molecule has 0 spiro atoms. The maximum atomic E-state index is 13.7. The SMILES string of the molecule is COC(=O)c1ccc(C(Nc2ccccc2)C(=O)O[C@H]2C[N+]3(CC(=O)c4ccccc4)CCC2CC3)cc1.[Br-]. The number of piperidine rings is 3. The first kappa shape index (κ1) is 28.5. The van der Waals surface area contributed by atoms with Gasteiger partial charge in [-0.05, 0) is 29.8 Å². The van der Waals surface area contributed by atoms with E-state index < -0.39 is 12.0 Å². The molecule has 0 aromatic heterocycles. The normalized spacial score (nSPS) is 22.2. The third-order valence-corrected chi connectivity index (χ3v) is 7.87. The second kappa shape index (κ2) is 12.6. The van der Waals surface area contributed by atoms with Gasteiger partial charge in [0.25, 0.3) is 0 Å². The van der Waals surface area contributed by atoms with Gasteiger partial charge in [-0.1, -0.05) is 60.7 Å². The lowest BCUT2D eigenvalue weighted by Crippen LogP contribution is -3.00. The van der Waals surface area contributed by atoms with Gasteiger partial charge >= 0.3 is 11.9 Å². The molecule has 7 nitrogen and oxygen atoms in total. The number of ketones is 1. The lowest BCUT2D eigenvalue weighted by atomic mass is 9.82. The number of halogens is 1. The average Bonchev–Trinajstić information content (AvgIpc) is 2.97. The van der Waals surface area contributed by atoms with E-state index >= 15 is 0 Å². The second-order valence-electron chi connectivity index (χ2n) is 10.3. The van der Waals surface area contributed by atoms with Crippen LogP contribution in [-0.4, -0.2) is 61.6 Å². The molecule has 6 rings (SSSR count). The van der Waals surface area contributed by atoms with Gasteiger partial charge in [0.05, 0.1) is 25.8 Å². The molecule has 3 saturated heterocycles. The number of Topliss-reactive ketones (excluding diaryl/α,β-unsaturated/α-hetero) is 1. The lowest BCUT2D eigenvalue weighted by Gasteiger charge is -2.51. The van der Waals surface area contributed by atoms with Crippen LogP contribution in [0.4, 0.5) is 5.69 Å². The molecule has 1 N–H and O–H groups in total. The van der Waals surface area contributed by atoms with Crippen LogP contribution in [0.15, 0.2) is 84.9 Å². The fourth-order valence-electron chi connectivity index (χ4n) is 5.72. The van der Waals surface area contributed by atoms with E-state index in [-0.39, 0.29) is 34.8 Å². The highest BCUT2D eigenvalue weighted by molar-refractivity contribution is 5.97. The van der Waals surface area contributed by atoms with Crippen molar-refractivity contribution in [3.8, 4) is 0 Å². The largest absolute Gasteiger partial charge is 1.00 e. The summed E-state index contributed by atoms with van der Waals surface area (Å²) in [5.74, 6) is -0.376. The van der Waals surface area contributed by atoms with Crippen LogP contribution in [0.5, 0.6) is 0 Å². The van der Waals surface area contributed by atoms with Gasteiger partial charge in [0.2, 0.25) is 5.78 Å². The first-order valence-electron chi connectivity index (χ1n) is 13.1. The molecule has 2 atom stereocenters. The Hall–Kier alpha value is -3.49. The Morgan fingerprint density at radius 1 is 0.872 bits per heavy atom. The third kappa shape index (κ3) is 6.57. The van der Waals surface area contributed by atoms with Crippen molar-refractivity contribution in [3.63, 3.8) is 0 Å². The van der Waals surface area contributed by atoms with Crippen molar-refractivity contribution >= 4 is 23.4 Å². The number of quaternary nitrogens is 1. The number of anilines is 1. The van der Waals surface area contributed by atoms with Crippen LogP contribution in [0.1, 0.15) is 45.2 Å². The summed E-state index contributed by atoms with van der Waals surface area (Å²) in [7, 11) is 1.34. The van der Waals surface area contributed by atoms with E-state index in [2.05, 4.69) is 5.32 Å². The molecule has 3 aromatic rings. The molecule has 1 unspecified atom stereocenters. The maximum Gasteiger partial charge on any atom is 0.337 e. The van der Waals surface area contributed by atoms with Crippen molar-refractivity contribution in [2.24, 2.45) is 5.92 Å². The Balaban J connectivity index is 0.00000353. The van der Waals surface area contributed by atoms with Gasteiger partial charge in [-0.3, -0.25) is 4.79 Å². The third-order valence-electron chi connectivity index (χ3n) is 7.87. The molecule has 0 saturated carbocycles. The van der Waals surface area contributed by atoms with Crippen LogP contribution in [0, 0.1) is 5.92 Å². The van der Waals surface area contributed by atoms with Gasteiger partial charge in [0.1, 0.15) is 13.1 Å². The fraction of sp³-hybridized carbons (Fsp3) is 0.323. The molecule has 3 aromatic carbocycles. The van der Waals surface area contributed by atoms with E-state index in [0.717, 1.165) is 37.2 Å². The van der Waals surface area contributed by atoms with E-state index in [1.807, 2.05) is 60.7 Å². The van der Waals surface area contributed by atoms with Gasteiger partial charge in [0.15, 0.2) is 12.1 Å². The van der Waals surface area contributed by atoms with Gasteiger partial charge in [-0.15, -0.1) is 0 Å². The minimum atomic E-state index is -0.751. The van der Waals surface area contributed by atoms with Crippen LogP contribution in [-0.2, 0) is 14.3 Å². The Morgan fingerprint density at radius 3 is 2.10 bits per heavy atom. The molecule has 0 aliphatic carbocycles. The fourth-order valence-corrected chi connectivity index (χ4v) is 5.72. The van der Waals surface area contributed by atoms with Crippen LogP contribution in [0.2, 0.25) is 0 Å². The van der Waals surface area contributed by atoms with Crippen LogP contribution in [0.25, 0.3) is 0 Å². The van der Waals surface area contributed by atoms with Crippen molar-refractivity contribution in [2.75, 3.05) is 38.6 Å². The number of benzene rings is 3. The van der Waals surface area contributed by atoms with E-state index in [0.29, 0.717) is 34.6 Å². The topological polar surface area (TPSA) is 81.7 Å². The highest BCUT2D eigenvalue weighted by atomic mass is 79.9. The highest BCUT2D eigenvalue weighted by Gasteiger charge is 2.49. The highest BCUT2D eigenvalue weighted by Crippen LogP contribution is 2.37. The number of rotatable bonds is 9. The average molecular weight is 594 g/mol. The lowest BCUT2D eigenvalue weighted by molar-refractivity contribution is -0.938. The predicted molar refractivity (Wildman–Crippen MR) is 144 cm³/mol. The van der Waals surface area contributed by atoms with Gasteiger partial charge in [-0.25, -0.2) is 9.59 Å². The number of methoxy groups -OCH3 is 1. The Labute approximate surface area is 239 Å². The molecule has 204 valence electrons. The van der Waals surface area contributed by atoms with E-state index in [4.69, 9.17) is 9.47 Å².